The summed E-state index contributed by atoms with van der Waals surface area (Å²) in [6, 6.07) is 15.3. The number of carbonyl (C=O) groups is 2. The number of amides is 2. The number of methoxy groups -OCH3 is 1. The molecule has 0 saturated carbocycles. The molecule has 0 bridgehead atoms. The molecular weight excluding hydrogens is 332 g/mol. The van der Waals surface area contributed by atoms with Crippen LogP contribution in [0.2, 0.25) is 0 Å². The number of ether oxygens (including phenoxy) is 2. The Bertz CT molecular complexity index is 716. The molecule has 6 nitrogen and oxygen atoms in total. The second kappa shape index (κ2) is 9.46. The zero-order chi connectivity index (χ0) is 18.9. The van der Waals surface area contributed by atoms with Gasteiger partial charge in [0.05, 0.1) is 7.11 Å². The summed E-state index contributed by atoms with van der Waals surface area (Å²) in [6.07, 6.45) is 0.742. The lowest BCUT2D eigenvalue weighted by atomic mass is 9.99. The Kier molecular flexibility index (Phi) is 7.02. The number of urea groups is 1. The lowest BCUT2D eigenvalue weighted by molar-refractivity contribution is -0.144. The van der Waals surface area contributed by atoms with Crippen molar-refractivity contribution in [1.82, 2.24) is 5.32 Å². The minimum atomic E-state index is -0.689. The first-order chi connectivity index (χ1) is 12.5. The fraction of sp³-hybridized carbons (Fsp3) is 0.300. The Morgan fingerprint density at radius 1 is 1.00 bits per heavy atom. The Labute approximate surface area is 153 Å². The number of rotatable bonds is 7. The first-order valence-corrected chi connectivity index (χ1v) is 8.51. The van der Waals surface area contributed by atoms with E-state index in [2.05, 4.69) is 10.6 Å². The molecule has 0 aliphatic rings. The van der Waals surface area contributed by atoms with Crippen LogP contribution in [0.4, 0.5) is 10.5 Å². The topological polar surface area (TPSA) is 76.7 Å². The maximum Gasteiger partial charge on any atom is 0.328 e. The van der Waals surface area contributed by atoms with E-state index in [0.717, 1.165) is 12.2 Å². The minimum Gasteiger partial charge on any atom is -0.467 e. The van der Waals surface area contributed by atoms with Crippen LogP contribution in [0.3, 0.4) is 0 Å². The van der Waals surface area contributed by atoms with Crippen molar-refractivity contribution < 1.29 is 19.1 Å². The largest absolute Gasteiger partial charge is 0.467 e. The molecule has 0 spiro atoms. The number of hydrogen-bond acceptors (Lipinski definition) is 4. The minimum absolute atomic E-state index is 0.0325. The van der Waals surface area contributed by atoms with Crippen molar-refractivity contribution in [1.29, 1.82) is 0 Å². The third kappa shape index (κ3) is 5.51. The van der Waals surface area contributed by atoms with Gasteiger partial charge in [-0.25, -0.2) is 9.59 Å². The van der Waals surface area contributed by atoms with Crippen LogP contribution in [0.5, 0.6) is 11.5 Å². The van der Waals surface area contributed by atoms with Crippen LogP contribution in [0.25, 0.3) is 0 Å². The molecule has 0 aliphatic heterocycles. The van der Waals surface area contributed by atoms with Crippen molar-refractivity contribution in [2.75, 3.05) is 12.4 Å². The summed E-state index contributed by atoms with van der Waals surface area (Å²) in [6.45, 7) is 3.84. The predicted octanol–water partition coefficient (Wildman–Crippen LogP) is 4.19. The zero-order valence-corrected chi connectivity index (χ0v) is 15.2. The molecule has 2 amide bonds. The lowest BCUT2D eigenvalue weighted by Gasteiger charge is -2.22. The second-order valence-corrected chi connectivity index (χ2v) is 5.92. The summed E-state index contributed by atoms with van der Waals surface area (Å²) in [4.78, 5) is 24.0. The Hall–Kier alpha value is -3.02. The first kappa shape index (κ1) is 19.3. The molecule has 0 aromatic heterocycles. The first-order valence-electron chi connectivity index (χ1n) is 8.51. The number of carbonyl (C=O) groups excluding carboxylic acids is 2. The summed E-state index contributed by atoms with van der Waals surface area (Å²) >= 11 is 0. The van der Waals surface area contributed by atoms with Crippen molar-refractivity contribution in [3.63, 3.8) is 0 Å². The number of hydrogen-bond donors (Lipinski definition) is 2. The van der Waals surface area contributed by atoms with Gasteiger partial charge in [-0.15, -0.1) is 0 Å². The molecular formula is C20H24N2O4. The maximum atomic E-state index is 12.2. The van der Waals surface area contributed by atoms with Crippen LogP contribution in [-0.2, 0) is 9.53 Å². The third-order valence-electron chi connectivity index (χ3n) is 4.05. The van der Waals surface area contributed by atoms with Gasteiger partial charge in [0.15, 0.2) is 0 Å². The molecule has 6 heteroatoms. The highest BCUT2D eigenvalue weighted by Gasteiger charge is 2.26. The van der Waals surface area contributed by atoms with Crippen LogP contribution in [0.1, 0.15) is 20.3 Å². The van der Waals surface area contributed by atoms with E-state index in [4.69, 9.17) is 9.47 Å². The van der Waals surface area contributed by atoms with Crippen molar-refractivity contribution >= 4 is 17.7 Å². The van der Waals surface area contributed by atoms with E-state index in [1.165, 1.54) is 7.11 Å². The molecule has 0 unspecified atom stereocenters. The van der Waals surface area contributed by atoms with E-state index in [-0.39, 0.29) is 5.92 Å². The second-order valence-electron chi connectivity index (χ2n) is 5.92. The average Bonchev–Trinajstić information content (AvgIpc) is 2.67. The summed E-state index contributed by atoms with van der Waals surface area (Å²) in [7, 11) is 1.31. The predicted molar refractivity (Wildman–Crippen MR) is 100 cm³/mol. The van der Waals surface area contributed by atoms with E-state index in [1.54, 1.807) is 24.3 Å². The number of esters is 1. The highest BCUT2D eigenvalue weighted by atomic mass is 16.5. The molecule has 2 N–H and O–H groups in total. The monoisotopic (exact) mass is 356 g/mol. The van der Waals surface area contributed by atoms with Gasteiger partial charge >= 0.3 is 12.0 Å². The van der Waals surface area contributed by atoms with Gasteiger partial charge in [0.2, 0.25) is 0 Å². The number of para-hydroxylation sites is 1. The number of anilines is 1. The molecule has 0 saturated heterocycles. The van der Waals surface area contributed by atoms with Crippen molar-refractivity contribution in [2.45, 2.75) is 26.3 Å². The highest BCUT2D eigenvalue weighted by Crippen LogP contribution is 2.22. The van der Waals surface area contributed by atoms with E-state index in [1.807, 2.05) is 44.2 Å². The maximum absolute atomic E-state index is 12.2. The fourth-order valence-corrected chi connectivity index (χ4v) is 2.34. The normalized spacial score (nSPS) is 12.6. The summed E-state index contributed by atoms with van der Waals surface area (Å²) in [5.41, 5.74) is 0.593. The van der Waals surface area contributed by atoms with Crippen molar-refractivity contribution in [3.8, 4) is 11.5 Å². The molecule has 0 radical (unpaired) electrons. The molecule has 26 heavy (non-hydrogen) atoms. The van der Waals surface area contributed by atoms with Gasteiger partial charge in [0.25, 0.3) is 0 Å². The molecule has 2 aromatic carbocycles. The molecule has 2 aromatic rings. The molecule has 0 fully saturated rings. The van der Waals surface area contributed by atoms with E-state index in [0.29, 0.717) is 11.4 Å². The van der Waals surface area contributed by atoms with E-state index < -0.39 is 18.0 Å². The SMILES string of the molecule is CC[C@H](C)[C@H](NC(=O)Nc1ccc(Oc2ccccc2)cc1)C(=O)OC. The van der Waals surface area contributed by atoms with Gasteiger partial charge < -0.3 is 20.1 Å². The Morgan fingerprint density at radius 2 is 1.62 bits per heavy atom. The van der Waals surface area contributed by atoms with Gasteiger partial charge in [-0.3, -0.25) is 0 Å². The van der Waals surface area contributed by atoms with Crippen LogP contribution in [0.15, 0.2) is 54.6 Å². The van der Waals surface area contributed by atoms with Crippen LogP contribution < -0.4 is 15.4 Å². The summed E-state index contributed by atoms with van der Waals surface area (Å²) in [5.74, 6) is 0.908. The molecule has 138 valence electrons. The summed E-state index contributed by atoms with van der Waals surface area (Å²) < 4.78 is 10.5. The van der Waals surface area contributed by atoms with Gasteiger partial charge in [-0.2, -0.15) is 0 Å². The lowest BCUT2D eigenvalue weighted by Crippen LogP contribution is -2.47. The van der Waals surface area contributed by atoms with Gasteiger partial charge in [-0.1, -0.05) is 38.5 Å². The van der Waals surface area contributed by atoms with Crippen LogP contribution >= 0.6 is 0 Å². The van der Waals surface area contributed by atoms with Crippen LogP contribution in [-0.4, -0.2) is 25.2 Å². The van der Waals surface area contributed by atoms with E-state index >= 15 is 0 Å². The molecule has 2 atom stereocenters. The van der Waals surface area contributed by atoms with Crippen LogP contribution in [0, 0.1) is 5.92 Å². The molecule has 0 aliphatic carbocycles. The van der Waals surface area contributed by atoms with Crippen molar-refractivity contribution in [2.24, 2.45) is 5.92 Å². The third-order valence-corrected chi connectivity index (χ3v) is 4.05. The van der Waals surface area contributed by atoms with Gasteiger partial charge in [0, 0.05) is 5.69 Å². The number of benzene rings is 2. The number of nitrogens with one attached hydrogen (secondary N) is 2. The molecule has 0 heterocycles. The molecule has 2 rings (SSSR count). The standard InChI is InChI=1S/C20H24N2O4/c1-4-14(2)18(19(23)25-3)22-20(24)21-15-10-12-17(13-11-15)26-16-8-6-5-7-9-16/h5-14,18H,4H2,1-3H3,(H2,21,22,24)/t14-,18-/m0/s1. The van der Waals surface area contributed by atoms with Gasteiger partial charge in [-0.05, 0) is 42.3 Å². The van der Waals surface area contributed by atoms with Crippen molar-refractivity contribution in [3.05, 3.63) is 54.6 Å². The smallest absolute Gasteiger partial charge is 0.328 e. The quantitative estimate of drug-likeness (QED) is 0.730. The average molecular weight is 356 g/mol. The Balaban J connectivity index is 1.95. The highest BCUT2D eigenvalue weighted by molar-refractivity contribution is 5.92. The zero-order valence-electron chi connectivity index (χ0n) is 15.2. The summed E-state index contributed by atoms with van der Waals surface area (Å²) in [5, 5.41) is 5.37. The van der Waals surface area contributed by atoms with Gasteiger partial charge in [0.1, 0.15) is 17.5 Å². The fourth-order valence-electron chi connectivity index (χ4n) is 2.34. The Morgan fingerprint density at radius 3 is 2.19 bits per heavy atom. The van der Waals surface area contributed by atoms with E-state index in [9.17, 15) is 9.59 Å².